The number of benzene rings is 2. The molecule has 2 amide bonds. The summed E-state index contributed by atoms with van der Waals surface area (Å²) in [6, 6.07) is 18.3. The normalized spacial score (nSPS) is 28.0. The molecule has 30 heavy (non-hydrogen) atoms. The van der Waals surface area contributed by atoms with Crippen molar-refractivity contribution in [3.05, 3.63) is 60.2 Å². The molecule has 4 atom stereocenters. The molecule has 0 saturated carbocycles. The lowest BCUT2D eigenvalue weighted by Gasteiger charge is -2.54. The van der Waals surface area contributed by atoms with Crippen molar-refractivity contribution < 1.29 is 9.59 Å². The van der Waals surface area contributed by atoms with Crippen LogP contribution >= 0.6 is 0 Å². The molecule has 3 fully saturated rings. The molecule has 5 rings (SSSR count). The van der Waals surface area contributed by atoms with E-state index in [2.05, 4.69) is 27.7 Å². The van der Waals surface area contributed by atoms with Crippen LogP contribution in [-0.4, -0.2) is 48.4 Å². The van der Waals surface area contributed by atoms with Crippen molar-refractivity contribution in [3.63, 3.8) is 0 Å². The number of carbonyl (C=O) groups is 2. The molecule has 2 N–H and O–H groups in total. The van der Waals surface area contributed by atoms with Gasteiger partial charge in [-0.3, -0.25) is 9.59 Å². The van der Waals surface area contributed by atoms with Crippen molar-refractivity contribution in [1.82, 2.24) is 15.5 Å². The summed E-state index contributed by atoms with van der Waals surface area (Å²) >= 11 is 0. The van der Waals surface area contributed by atoms with E-state index in [4.69, 9.17) is 0 Å². The fraction of sp³-hybridized carbons (Fsp3) is 0.440. The maximum absolute atomic E-state index is 12.8. The molecule has 0 radical (unpaired) electrons. The summed E-state index contributed by atoms with van der Waals surface area (Å²) in [7, 11) is 0. The highest BCUT2D eigenvalue weighted by molar-refractivity contribution is 5.94. The molecular formula is C25H29N3O2. The van der Waals surface area contributed by atoms with Crippen molar-refractivity contribution >= 4 is 11.8 Å². The minimum atomic E-state index is -0.0680. The molecule has 5 nitrogen and oxygen atoms in total. The van der Waals surface area contributed by atoms with Crippen LogP contribution in [0.2, 0.25) is 0 Å². The lowest BCUT2D eigenvalue weighted by molar-refractivity contribution is -0.148. The van der Waals surface area contributed by atoms with E-state index in [1.54, 1.807) is 0 Å². The summed E-state index contributed by atoms with van der Waals surface area (Å²) in [5.41, 5.74) is 2.90. The van der Waals surface area contributed by atoms with Gasteiger partial charge >= 0.3 is 0 Å². The average molecular weight is 404 g/mol. The maximum atomic E-state index is 12.8. The molecule has 3 saturated heterocycles. The first-order chi connectivity index (χ1) is 14.7. The molecule has 5 heteroatoms. The van der Waals surface area contributed by atoms with Gasteiger partial charge in [-0.15, -0.1) is 0 Å². The Hall–Kier alpha value is -2.66. The first kappa shape index (κ1) is 19.3. The van der Waals surface area contributed by atoms with E-state index in [0.717, 1.165) is 43.5 Å². The van der Waals surface area contributed by atoms with Crippen molar-refractivity contribution in [3.8, 4) is 11.1 Å². The van der Waals surface area contributed by atoms with Crippen LogP contribution in [0, 0.1) is 11.8 Å². The van der Waals surface area contributed by atoms with Gasteiger partial charge in [0.2, 0.25) is 5.91 Å². The Morgan fingerprint density at radius 1 is 1.00 bits per heavy atom. The van der Waals surface area contributed by atoms with Gasteiger partial charge in [0.25, 0.3) is 5.91 Å². The fourth-order valence-corrected chi connectivity index (χ4v) is 5.64. The van der Waals surface area contributed by atoms with E-state index < -0.39 is 0 Å². The van der Waals surface area contributed by atoms with Crippen LogP contribution in [0.3, 0.4) is 0 Å². The molecule has 156 valence electrons. The second-order valence-corrected chi connectivity index (χ2v) is 8.90. The Morgan fingerprint density at radius 3 is 2.53 bits per heavy atom. The number of nitrogens with zero attached hydrogens (tertiary/aromatic N) is 1. The van der Waals surface area contributed by atoms with Crippen molar-refractivity contribution in [2.75, 3.05) is 19.6 Å². The Morgan fingerprint density at radius 2 is 1.73 bits per heavy atom. The molecule has 2 bridgehead atoms. The highest BCUT2D eigenvalue weighted by Gasteiger charge is 2.47. The van der Waals surface area contributed by atoms with Crippen molar-refractivity contribution in [1.29, 1.82) is 0 Å². The van der Waals surface area contributed by atoms with Crippen LogP contribution in [-0.2, 0) is 4.79 Å². The Kier molecular flexibility index (Phi) is 5.30. The Balaban J connectivity index is 1.27. The summed E-state index contributed by atoms with van der Waals surface area (Å²) in [5.74, 6) is 1.18. The third-order valence-electron chi connectivity index (χ3n) is 7.13. The minimum absolute atomic E-state index is 0.0680. The minimum Gasteiger partial charge on any atom is -0.350 e. The van der Waals surface area contributed by atoms with E-state index in [1.807, 2.05) is 42.5 Å². The van der Waals surface area contributed by atoms with Crippen LogP contribution in [0.25, 0.3) is 11.1 Å². The van der Waals surface area contributed by atoms with E-state index in [0.29, 0.717) is 36.4 Å². The summed E-state index contributed by atoms with van der Waals surface area (Å²) in [6.45, 7) is 2.47. The predicted molar refractivity (Wildman–Crippen MR) is 117 cm³/mol. The van der Waals surface area contributed by atoms with Gasteiger partial charge in [0.1, 0.15) is 0 Å². The summed E-state index contributed by atoms with van der Waals surface area (Å²) < 4.78 is 0. The molecule has 0 aromatic heterocycles. The zero-order valence-corrected chi connectivity index (χ0v) is 17.2. The predicted octanol–water partition coefficient (Wildman–Crippen LogP) is 3.07. The maximum Gasteiger partial charge on any atom is 0.251 e. The molecule has 3 heterocycles. The Labute approximate surface area is 177 Å². The third kappa shape index (κ3) is 3.63. The lowest BCUT2D eigenvalue weighted by Crippen LogP contribution is -2.66. The van der Waals surface area contributed by atoms with E-state index in [-0.39, 0.29) is 17.9 Å². The van der Waals surface area contributed by atoms with E-state index >= 15 is 0 Å². The Bertz CT molecular complexity index is 912. The summed E-state index contributed by atoms with van der Waals surface area (Å²) in [6.07, 6.45) is 3.90. The number of hydrogen-bond acceptors (Lipinski definition) is 3. The number of hydrogen-bond donors (Lipinski definition) is 2. The molecule has 3 aliphatic rings. The smallest absolute Gasteiger partial charge is 0.251 e. The zero-order chi connectivity index (χ0) is 20.5. The van der Waals surface area contributed by atoms with Crippen molar-refractivity contribution in [2.24, 2.45) is 11.8 Å². The summed E-state index contributed by atoms with van der Waals surface area (Å²) in [4.78, 5) is 27.7. The quantitative estimate of drug-likeness (QED) is 0.825. The molecule has 0 spiro atoms. The van der Waals surface area contributed by atoms with Gasteiger partial charge in [-0.05, 0) is 60.9 Å². The SMILES string of the molecule is O=C(NC[C@H]1[C@@H]2CNC[C@H](C2)[C@@H]2CCCC(=O)N21)c1ccc(-c2ccccc2)cc1. The fourth-order valence-electron chi connectivity index (χ4n) is 5.64. The number of carbonyl (C=O) groups excluding carboxylic acids is 2. The van der Waals surface area contributed by atoms with Gasteiger partial charge in [0.05, 0.1) is 6.04 Å². The number of nitrogens with one attached hydrogen (secondary N) is 2. The van der Waals surface area contributed by atoms with Crippen LogP contribution in [0.1, 0.15) is 36.0 Å². The molecular weight excluding hydrogens is 374 g/mol. The first-order valence-corrected chi connectivity index (χ1v) is 11.2. The van der Waals surface area contributed by atoms with Crippen LogP contribution in [0.15, 0.2) is 54.6 Å². The average Bonchev–Trinajstić information content (AvgIpc) is 2.80. The van der Waals surface area contributed by atoms with E-state index in [9.17, 15) is 9.59 Å². The van der Waals surface area contributed by atoms with Gasteiger partial charge in [-0.25, -0.2) is 0 Å². The van der Waals surface area contributed by atoms with Crippen LogP contribution in [0.4, 0.5) is 0 Å². The van der Waals surface area contributed by atoms with Gasteiger partial charge in [-0.2, -0.15) is 0 Å². The monoisotopic (exact) mass is 403 g/mol. The molecule has 3 aliphatic heterocycles. The van der Waals surface area contributed by atoms with Crippen molar-refractivity contribution in [2.45, 2.75) is 37.8 Å². The standard InChI is InChI=1S/C25H29N3O2/c29-24-8-4-7-22-20-13-21(15-26-14-20)23(28(22)24)16-27-25(30)19-11-9-18(10-12-19)17-5-2-1-3-6-17/h1-3,5-6,9-12,20-23,26H,4,7-8,13-16H2,(H,27,30)/t20-,21-,22-,23-/m0/s1. The second-order valence-electron chi connectivity index (χ2n) is 8.90. The topological polar surface area (TPSA) is 61.4 Å². The van der Waals surface area contributed by atoms with Gasteiger partial charge < -0.3 is 15.5 Å². The zero-order valence-electron chi connectivity index (χ0n) is 17.2. The van der Waals surface area contributed by atoms with E-state index in [1.165, 1.54) is 0 Å². The molecule has 2 aromatic carbocycles. The number of rotatable bonds is 4. The van der Waals surface area contributed by atoms with Gasteiger partial charge in [0.15, 0.2) is 0 Å². The third-order valence-corrected chi connectivity index (χ3v) is 7.13. The molecule has 0 unspecified atom stereocenters. The highest BCUT2D eigenvalue weighted by Crippen LogP contribution is 2.39. The van der Waals surface area contributed by atoms with Gasteiger partial charge in [-0.1, -0.05) is 42.5 Å². The number of piperidine rings is 3. The molecule has 2 aromatic rings. The van der Waals surface area contributed by atoms with Gasteiger partial charge in [0, 0.05) is 31.1 Å². The second kappa shape index (κ2) is 8.23. The number of amides is 2. The lowest BCUT2D eigenvalue weighted by atomic mass is 9.72. The van der Waals surface area contributed by atoms with Crippen LogP contribution in [0.5, 0.6) is 0 Å². The molecule has 0 aliphatic carbocycles. The summed E-state index contributed by atoms with van der Waals surface area (Å²) in [5, 5.41) is 6.68. The highest BCUT2D eigenvalue weighted by atomic mass is 16.2. The first-order valence-electron chi connectivity index (χ1n) is 11.2. The largest absolute Gasteiger partial charge is 0.350 e. The van der Waals surface area contributed by atoms with Crippen LogP contribution < -0.4 is 10.6 Å². The number of fused-ring (bicyclic) bond motifs is 4.